The van der Waals surface area contributed by atoms with Crippen molar-refractivity contribution >= 4 is 40.8 Å². The van der Waals surface area contributed by atoms with E-state index in [1.807, 2.05) is 58.1 Å². The van der Waals surface area contributed by atoms with Crippen LogP contribution in [-0.4, -0.2) is 158 Å². The first-order chi connectivity index (χ1) is 34.2. The van der Waals surface area contributed by atoms with Gasteiger partial charge in [-0.05, 0) is 119 Å². The number of fused-ring (bicyclic) bond motifs is 3. The van der Waals surface area contributed by atoms with Crippen LogP contribution in [0.2, 0.25) is 0 Å². The summed E-state index contributed by atoms with van der Waals surface area (Å²) in [6, 6.07) is -1.12. The highest BCUT2D eigenvalue weighted by Crippen LogP contribution is 2.38. The van der Waals surface area contributed by atoms with Crippen molar-refractivity contribution in [1.29, 1.82) is 0 Å². The Morgan fingerprint density at radius 1 is 0.875 bits per heavy atom. The quantitative estimate of drug-likeness (QED) is 0.0604. The number of aliphatic hydroxyl groups excluding tert-OH is 2. The molecule has 2 bridgehead atoms. The minimum Gasteiger partial charge on any atom is -0.465 e. The van der Waals surface area contributed by atoms with Gasteiger partial charge in [-0.1, -0.05) is 71.1 Å². The van der Waals surface area contributed by atoms with Crippen LogP contribution >= 0.6 is 12.2 Å². The zero-order chi connectivity index (χ0) is 53.3. The lowest BCUT2D eigenvalue weighted by Gasteiger charge is -2.43. The first-order valence-electron chi connectivity index (χ1n) is 26.3. The lowest BCUT2D eigenvalue weighted by molar-refractivity contribution is -0.265. The normalized spacial score (nSPS) is 38.5. The molecular weight excluding hydrogens is 945 g/mol. The number of allylic oxidation sites excluding steroid dienone is 5. The summed E-state index contributed by atoms with van der Waals surface area (Å²) in [5.74, 6) is -7.36. The van der Waals surface area contributed by atoms with Gasteiger partial charge in [0.1, 0.15) is 30.5 Å². The van der Waals surface area contributed by atoms with Crippen LogP contribution in [-0.2, 0) is 52.3 Å². The molecule has 4 N–H and O–H groups in total. The maximum atomic E-state index is 14.6. The SMILES string of the molecule is COCCNC(=S)O[C@@H]1CC[C@@H](C[C@@H](C)[C@@H]2C[C@@H](O)[C@H](C)/C=C(\C)[C@@H](O)[C@@H](OC)C(=O)[C@H](C)C[C@H](C)/C=C/C=C/C=C(\C)[C@@H](OC)C[C@@H]3CC[C@@H](C)[C@@](O)(O3)C(=O)C(=O)N3CCCC[C@H]3C(=O)O2)C[C@H]1OC. The molecule has 0 unspecified atom stereocenters. The number of aliphatic hydroxyl groups is 3. The number of hydrogen-bond acceptors (Lipinski definition) is 15. The number of ether oxygens (including phenoxy) is 7. The van der Waals surface area contributed by atoms with Crippen LogP contribution < -0.4 is 5.32 Å². The molecule has 3 aliphatic heterocycles. The van der Waals surface area contributed by atoms with Gasteiger partial charge in [-0.15, -0.1) is 0 Å². The molecule has 0 radical (unpaired) electrons. The molecule has 1 amide bonds. The molecule has 0 spiro atoms. The van der Waals surface area contributed by atoms with E-state index >= 15 is 0 Å². The van der Waals surface area contributed by atoms with E-state index < -0.39 is 83.9 Å². The van der Waals surface area contributed by atoms with Crippen LogP contribution in [0.1, 0.15) is 126 Å². The van der Waals surface area contributed by atoms with Crippen LogP contribution in [0, 0.1) is 35.5 Å². The first-order valence-corrected chi connectivity index (χ1v) is 26.7. The number of rotatable bonds is 10. The summed E-state index contributed by atoms with van der Waals surface area (Å²) in [6.45, 7) is 14.0. The first kappa shape index (κ1) is 61.2. The predicted octanol–water partition coefficient (Wildman–Crippen LogP) is 6.52. The number of hydrogen-bond donors (Lipinski definition) is 4. The summed E-state index contributed by atoms with van der Waals surface area (Å²) in [4.78, 5) is 58.3. The van der Waals surface area contributed by atoms with Gasteiger partial charge < -0.3 is 58.7 Å². The number of amides is 1. The molecular formula is C55H88N2O14S. The Bertz CT molecular complexity index is 1910. The Balaban J connectivity index is 1.68. The third-order valence-electron chi connectivity index (χ3n) is 15.5. The van der Waals surface area contributed by atoms with Gasteiger partial charge in [-0.2, -0.15) is 0 Å². The molecule has 4 aliphatic rings. The number of piperidine rings is 1. The molecule has 0 aromatic carbocycles. The summed E-state index contributed by atoms with van der Waals surface area (Å²) in [7, 11) is 6.23. The van der Waals surface area contributed by atoms with Gasteiger partial charge in [0.15, 0.2) is 5.78 Å². The second kappa shape index (κ2) is 29.6. The molecule has 2 saturated heterocycles. The fourth-order valence-electron chi connectivity index (χ4n) is 10.8. The number of thiocarbonyl (C=S) groups is 1. The van der Waals surface area contributed by atoms with E-state index in [2.05, 4.69) is 5.32 Å². The van der Waals surface area contributed by atoms with E-state index in [-0.39, 0.29) is 60.3 Å². The van der Waals surface area contributed by atoms with Crippen LogP contribution in [0.5, 0.6) is 0 Å². The van der Waals surface area contributed by atoms with Crippen LogP contribution in [0.25, 0.3) is 0 Å². The lowest BCUT2D eigenvalue weighted by Crippen LogP contribution is -2.61. The number of Topliss-reactive ketones (excluding diaryl/α,β-unsaturated/α-hetero) is 2. The van der Waals surface area contributed by atoms with Crippen molar-refractivity contribution in [3.8, 4) is 0 Å². The van der Waals surface area contributed by atoms with Crippen molar-refractivity contribution < 1.29 is 67.7 Å². The van der Waals surface area contributed by atoms with Gasteiger partial charge in [-0.3, -0.25) is 14.4 Å². The van der Waals surface area contributed by atoms with Crippen molar-refractivity contribution in [2.45, 2.75) is 186 Å². The summed E-state index contributed by atoms with van der Waals surface area (Å²) in [6.07, 6.45) is 11.3. The van der Waals surface area contributed by atoms with Gasteiger partial charge >= 0.3 is 5.97 Å². The molecule has 72 heavy (non-hydrogen) atoms. The Labute approximate surface area is 434 Å². The second-order valence-electron chi connectivity index (χ2n) is 21.1. The fourth-order valence-corrected chi connectivity index (χ4v) is 11.0. The number of cyclic esters (lactones) is 1. The molecule has 0 aromatic heterocycles. The third-order valence-corrected chi connectivity index (χ3v) is 15.7. The van der Waals surface area contributed by atoms with E-state index in [4.69, 9.17) is 45.4 Å². The van der Waals surface area contributed by atoms with Crippen LogP contribution in [0.4, 0.5) is 0 Å². The van der Waals surface area contributed by atoms with E-state index in [9.17, 15) is 34.5 Å². The zero-order valence-corrected chi connectivity index (χ0v) is 45.7. The molecule has 0 aromatic rings. The lowest BCUT2D eigenvalue weighted by atomic mass is 9.78. The Kier molecular flexibility index (Phi) is 25.2. The molecule has 16 nitrogen and oxygen atoms in total. The molecule has 1 aliphatic carbocycles. The largest absolute Gasteiger partial charge is 0.465 e. The van der Waals surface area contributed by atoms with Gasteiger partial charge in [0, 0.05) is 72.1 Å². The van der Waals surface area contributed by atoms with Crippen molar-refractivity contribution in [2.24, 2.45) is 35.5 Å². The average Bonchev–Trinajstić information content (AvgIpc) is 3.35. The van der Waals surface area contributed by atoms with Gasteiger partial charge in [0.25, 0.3) is 16.9 Å². The predicted molar refractivity (Wildman–Crippen MR) is 277 cm³/mol. The highest BCUT2D eigenvalue weighted by atomic mass is 32.1. The minimum atomic E-state index is -2.43. The second-order valence-corrected chi connectivity index (χ2v) is 21.5. The number of ketones is 2. The monoisotopic (exact) mass is 1030 g/mol. The highest BCUT2D eigenvalue weighted by molar-refractivity contribution is 7.80. The Hall–Kier alpha value is -3.39. The maximum absolute atomic E-state index is 14.6. The summed E-state index contributed by atoms with van der Waals surface area (Å²) in [5, 5.41) is 38.8. The number of methoxy groups -OCH3 is 4. The fraction of sp³-hybridized carbons (Fsp3) is 0.764. The smallest absolute Gasteiger partial charge is 0.329 e. The minimum absolute atomic E-state index is 0.00894. The van der Waals surface area contributed by atoms with Crippen LogP contribution in [0.15, 0.2) is 47.6 Å². The molecule has 3 fully saturated rings. The summed E-state index contributed by atoms with van der Waals surface area (Å²) >= 11 is 5.43. The standard InChI is InChI=1S/C55H88N2O14S/c1-33-17-13-12-14-18-34(2)45(66-9)31-41-22-20-39(7)55(64,71-41)51(61)52(62)57-25-16-15-19-42(57)53(63)69-46(32-43(58)35(3)28-38(6)49(60)50(68-11)48(59)37(5)27-33)36(4)29-40-21-23-44(47(30-40)67-10)70-54(72)56-24-26-65-8/h12-14,17-18,28,33,35-37,39-47,49-50,58,60,64H,15-16,19-27,29-32H2,1-11H3,(H,56,72)/b14-12+,17-13+,34-18+,38-28+/t33-,35-,36-,37-,39-,40+,41+,42+,43-,44-,45+,46+,47-,49-,50+,55-/m1/s1. The molecule has 16 atom stereocenters. The molecule has 17 heteroatoms. The summed E-state index contributed by atoms with van der Waals surface area (Å²) < 4.78 is 41.2. The van der Waals surface area contributed by atoms with Crippen molar-refractivity contribution in [2.75, 3.05) is 48.1 Å². The van der Waals surface area contributed by atoms with Gasteiger partial charge in [0.2, 0.25) is 5.79 Å². The van der Waals surface area contributed by atoms with Crippen molar-refractivity contribution in [1.82, 2.24) is 10.2 Å². The van der Waals surface area contributed by atoms with Crippen molar-refractivity contribution in [3.63, 3.8) is 0 Å². The highest BCUT2D eigenvalue weighted by Gasteiger charge is 2.53. The van der Waals surface area contributed by atoms with Gasteiger partial charge in [0.05, 0.1) is 31.0 Å². The Morgan fingerprint density at radius 3 is 2.29 bits per heavy atom. The van der Waals surface area contributed by atoms with E-state index in [1.54, 1.807) is 48.2 Å². The number of esters is 1. The zero-order valence-electron chi connectivity index (χ0n) is 44.9. The number of nitrogens with zero attached hydrogens (tertiary/aromatic N) is 1. The number of carbonyl (C=O) groups is 4. The Morgan fingerprint density at radius 2 is 1.61 bits per heavy atom. The topological polar surface area (TPSA) is 209 Å². The molecule has 3 heterocycles. The maximum Gasteiger partial charge on any atom is 0.329 e. The summed E-state index contributed by atoms with van der Waals surface area (Å²) in [5.41, 5.74) is 1.33. The van der Waals surface area contributed by atoms with E-state index in [0.29, 0.717) is 76.5 Å². The average molecular weight is 1030 g/mol. The van der Waals surface area contributed by atoms with Crippen LogP contribution in [0.3, 0.4) is 0 Å². The number of carbonyl (C=O) groups excluding carboxylic acids is 4. The molecule has 4 rings (SSSR count). The molecule has 1 saturated carbocycles. The van der Waals surface area contributed by atoms with Crippen molar-refractivity contribution in [3.05, 3.63) is 47.6 Å². The molecule has 408 valence electrons. The van der Waals surface area contributed by atoms with E-state index in [0.717, 1.165) is 12.0 Å². The van der Waals surface area contributed by atoms with Gasteiger partial charge in [-0.25, -0.2) is 4.79 Å². The third kappa shape index (κ3) is 17.1. The number of nitrogens with one attached hydrogen (secondary N) is 1. The van der Waals surface area contributed by atoms with E-state index in [1.165, 1.54) is 12.0 Å².